The number of benzene rings is 3. The maximum absolute atomic E-state index is 2.42. The van der Waals surface area contributed by atoms with Crippen molar-refractivity contribution in [1.82, 2.24) is 0 Å². The van der Waals surface area contributed by atoms with Gasteiger partial charge in [-0.2, -0.15) is 0 Å². The summed E-state index contributed by atoms with van der Waals surface area (Å²) < 4.78 is 0. The van der Waals surface area contributed by atoms with Crippen LogP contribution in [0.1, 0.15) is 41.2 Å². The molecule has 3 aromatic carbocycles. The quantitative estimate of drug-likeness (QED) is 0.488. The predicted octanol–water partition coefficient (Wildman–Crippen LogP) is 6.44. The summed E-state index contributed by atoms with van der Waals surface area (Å²) in [6.45, 7) is 6.76. The van der Waals surface area contributed by atoms with Crippen molar-refractivity contribution in [3.63, 3.8) is 0 Å². The van der Waals surface area contributed by atoms with Gasteiger partial charge in [0.05, 0.1) is 0 Å². The summed E-state index contributed by atoms with van der Waals surface area (Å²) in [4.78, 5) is 0. The molecule has 0 fully saturated rings. The normalized spacial score (nSPS) is 13.4. The van der Waals surface area contributed by atoms with Crippen molar-refractivity contribution in [3.8, 4) is 0 Å². The molecule has 0 heteroatoms. The minimum Gasteiger partial charge on any atom is -0.0622 e. The molecule has 0 aliphatic heterocycles. The van der Waals surface area contributed by atoms with Crippen molar-refractivity contribution in [1.29, 1.82) is 0 Å². The van der Waals surface area contributed by atoms with E-state index < -0.39 is 0 Å². The van der Waals surface area contributed by atoms with Gasteiger partial charge in [0.2, 0.25) is 0 Å². The van der Waals surface area contributed by atoms with Crippen LogP contribution in [0.4, 0.5) is 0 Å². The summed E-state index contributed by atoms with van der Waals surface area (Å²) >= 11 is 0. The van der Waals surface area contributed by atoms with Crippen LogP contribution in [0.5, 0.6) is 0 Å². The van der Waals surface area contributed by atoms with Crippen LogP contribution in [0.15, 0.2) is 78.9 Å². The number of hydrogen-bond acceptors (Lipinski definition) is 0. The molecule has 0 saturated carbocycles. The van der Waals surface area contributed by atoms with E-state index in [9.17, 15) is 0 Å². The Hall–Kier alpha value is -2.34. The summed E-state index contributed by atoms with van der Waals surface area (Å²) in [5.41, 5.74) is 7.09. The molecule has 0 bridgehead atoms. The molecule has 0 heterocycles. The Morgan fingerprint density at radius 2 is 1.36 bits per heavy atom. The number of hydrogen-bond donors (Lipinski definition) is 0. The molecule has 0 saturated heterocycles. The number of aryl methyl sites for hydroxylation is 3. The lowest BCUT2D eigenvalue weighted by Crippen LogP contribution is -2.26. The third-order valence-corrected chi connectivity index (χ3v) is 5.23. The molecule has 0 aliphatic carbocycles. The highest BCUT2D eigenvalue weighted by Crippen LogP contribution is 2.33. The van der Waals surface area contributed by atoms with Crippen molar-refractivity contribution in [2.75, 3.05) is 0 Å². The van der Waals surface area contributed by atoms with Gasteiger partial charge in [-0.05, 0) is 55.2 Å². The summed E-state index contributed by atoms with van der Waals surface area (Å²) in [6.07, 6.45) is 3.33. The Bertz CT molecular complexity index is 799. The van der Waals surface area contributed by atoms with Crippen LogP contribution < -0.4 is 0 Å². The van der Waals surface area contributed by atoms with Crippen molar-refractivity contribution in [2.45, 2.75) is 45.4 Å². The summed E-state index contributed by atoms with van der Waals surface area (Å²) in [6, 6.07) is 28.9. The second-order valence-corrected chi connectivity index (χ2v) is 7.58. The van der Waals surface area contributed by atoms with Gasteiger partial charge in [0.25, 0.3) is 0 Å². The van der Waals surface area contributed by atoms with Gasteiger partial charge in [-0.3, -0.25) is 0 Å². The van der Waals surface area contributed by atoms with Crippen LogP contribution in [0.3, 0.4) is 0 Å². The molecule has 0 radical (unpaired) electrons. The molecular formula is C25H28. The summed E-state index contributed by atoms with van der Waals surface area (Å²) in [5, 5.41) is 0. The minimum atomic E-state index is 0.136. The zero-order valence-electron chi connectivity index (χ0n) is 15.6. The smallest absolute Gasteiger partial charge is 0.00318 e. The average Bonchev–Trinajstić information content (AvgIpc) is 2.61. The fraction of sp³-hybridized carbons (Fsp3) is 0.280. The molecule has 25 heavy (non-hydrogen) atoms. The molecule has 0 N–H and O–H groups in total. The highest BCUT2D eigenvalue weighted by atomic mass is 14.3. The molecule has 0 nitrogen and oxygen atoms in total. The lowest BCUT2D eigenvalue weighted by Gasteiger charge is -2.31. The molecule has 3 rings (SSSR count). The van der Waals surface area contributed by atoms with Crippen LogP contribution >= 0.6 is 0 Å². The first-order valence-corrected chi connectivity index (χ1v) is 9.22. The second-order valence-electron chi connectivity index (χ2n) is 7.58. The third kappa shape index (κ3) is 4.60. The fourth-order valence-corrected chi connectivity index (χ4v) is 3.63. The molecule has 3 aromatic rings. The zero-order chi connectivity index (χ0) is 17.7. The molecule has 0 aliphatic rings. The van der Waals surface area contributed by atoms with E-state index >= 15 is 0 Å². The van der Waals surface area contributed by atoms with E-state index in [1.165, 1.54) is 27.8 Å². The van der Waals surface area contributed by atoms with Crippen LogP contribution in [0, 0.1) is 13.8 Å². The Morgan fingerprint density at radius 3 is 2.04 bits per heavy atom. The second kappa shape index (κ2) is 7.70. The maximum Gasteiger partial charge on any atom is -0.00318 e. The maximum atomic E-state index is 2.42. The zero-order valence-corrected chi connectivity index (χ0v) is 15.6. The first kappa shape index (κ1) is 17.5. The predicted molar refractivity (Wildman–Crippen MR) is 108 cm³/mol. The Labute approximate surface area is 152 Å². The Kier molecular flexibility index (Phi) is 5.38. The average molecular weight is 328 g/mol. The summed E-state index contributed by atoms with van der Waals surface area (Å²) in [5.74, 6) is 0. The third-order valence-electron chi connectivity index (χ3n) is 5.23. The van der Waals surface area contributed by atoms with Gasteiger partial charge >= 0.3 is 0 Å². The van der Waals surface area contributed by atoms with Crippen molar-refractivity contribution < 1.29 is 0 Å². The lowest BCUT2D eigenvalue weighted by molar-refractivity contribution is 0.430. The molecule has 0 spiro atoms. The van der Waals surface area contributed by atoms with E-state index in [0.29, 0.717) is 0 Å². The lowest BCUT2D eigenvalue weighted by atomic mass is 9.73. The van der Waals surface area contributed by atoms with Crippen LogP contribution in [-0.4, -0.2) is 0 Å². The van der Waals surface area contributed by atoms with Crippen molar-refractivity contribution in [3.05, 3.63) is 107 Å². The molecule has 0 amide bonds. The monoisotopic (exact) mass is 328 g/mol. The minimum absolute atomic E-state index is 0.136. The van der Waals surface area contributed by atoms with E-state index in [-0.39, 0.29) is 5.41 Å². The Morgan fingerprint density at radius 1 is 0.680 bits per heavy atom. The van der Waals surface area contributed by atoms with E-state index in [4.69, 9.17) is 0 Å². The van der Waals surface area contributed by atoms with Gasteiger partial charge in [0, 0.05) is 0 Å². The van der Waals surface area contributed by atoms with Gasteiger partial charge < -0.3 is 0 Å². The number of rotatable bonds is 6. The Balaban J connectivity index is 1.88. The van der Waals surface area contributed by atoms with Crippen LogP contribution in [0.25, 0.3) is 0 Å². The van der Waals surface area contributed by atoms with Gasteiger partial charge in [-0.15, -0.1) is 0 Å². The van der Waals surface area contributed by atoms with E-state index in [1.54, 1.807) is 0 Å². The van der Waals surface area contributed by atoms with E-state index in [2.05, 4.69) is 99.6 Å². The molecule has 128 valence electrons. The van der Waals surface area contributed by atoms with Crippen LogP contribution in [0.2, 0.25) is 0 Å². The molecule has 1 unspecified atom stereocenters. The van der Waals surface area contributed by atoms with Gasteiger partial charge in [-0.25, -0.2) is 0 Å². The van der Waals surface area contributed by atoms with Crippen molar-refractivity contribution in [2.24, 2.45) is 0 Å². The standard InChI is InChI=1S/C25H28/c1-20-12-14-24(15-13-20)25(3,17-16-22-9-5-4-6-10-22)19-23-11-7-8-21(2)18-23/h4-15,18H,16-17,19H2,1-3H3. The first-order chi connectivity index (χ1) is 12.0. The molecule has 1 atom stereocenters. The van der Waals surface area contributed by atoms with E-state index in [1.807, 2.05) is 0 Å². The highest BCUT2D eigenvalue weighted by molar-refractivity contribution is 5.33. The van der Waals surface area contributed by atoms with Crippen LogP contribution in [-0.2, 0) is 18.3 Å². The topological polar surface area (TPSA) is 0 Å². The van der Waals surface area contributed by atoms with Crippen molar-refractivity contribution >= 4 is 0 Å². The highest BCUT2D eigenvalue weighted by Gasteiger charge is 2.27. The SMILES string of the molecule is Cc1ccc(C(C)(CCc2ccccc2)Cc2cccc(C)c2)cc1. The largest absolute Gasteiger partial charge is 0.0622 e. The fourth-order valence-electron chi connectivity index (χ4n) is 3.63. The van der Waals surface area contributed by atoms with Gasteiger partial charge in [0.1, 0.15) is 0 Å². The molecular weight excluding hydrogens is 300 g/mol. The molecule has 0 aromatic heterocycles. The van der Waals surface area contributed by atoms with Gasteiger partial charge in [0.15, 0.2) is 0 Å². The van der Waals surface area contributed by atoms with E-state index in [0.717, 1.165) is 19.3 Å². The first-order valence-electron chi connectivity index (χ1n) is 9.22. The van der Waals surface area contributed by atoms with Gasteiger partial charge in [-0.1, -0.05) is 96.9 Å². The summed E-state index contributed by atoms with van der Waals surface area (Å²) in [7, 11) is 0.